The van der Waals surface area contributed by atoms with E-state index in [1.807, 2.05) is 36.4 Å². The van der Waals surface area contributed by atoms with Gasteiger partial charge in [-0.25, -0.2) is 4.79 Å². The normalized spacial score (nSPS) is 14.6. The number of Topliss-reactive ketones (excluding diaryl/α,β-unsaturated/α-hetero) is 2. The Hall–Kier alpha value is -4.60. The number of fused-ring (bicyclic) bond motifs is 3. The van der Waals surface area contributed by atoms with Crippen LogP contribution in [-0.4, -0.2) is 60.6 Å². The summed E-state index contributed by atoms with van der Waals surface area (Å²) in [5, 5.41) is 2.81. The van der Waals surface area contributed by atoms with Crippen LogP contribution in [-0.2, 0) is 33.4 Å². The van der Waals surface area contributed by atoms with Crippen molar-refractivity contribution >= 4 is 41.1 Å². The second kappa shape index (κ2) is 13.3. The molecule has 4 rings (SSSR count). The first kappa shape index (κ1) is 29.0. The van der Waals surface area contributed by atoms with Crippen LogP contribution >= 0.6 is 0 Å². The molecule has 0 saturated heterocycles. The quantitative estimate of drug-likeness (QED) is 0.379. The highest BCUT2D eigenvalue weighted by Crippen LogP contribution is 2.45. The molecule has 2 aliphatic rings. The van der Waals surface area contributed by atoms with Gasteiger partial charge >= 0.3 is 6.16 Å². The maximum absolute atomic E-state index is 12.4. The second-order valence-corrected chi connectivity index (χ2v) is 9.07. The summed E-state index contributed by atoms with van der Waals surface area (Å²) in [6.45, 7) is 3.11. The zero-order valence-corrected chi connectivity index (χ0v) is 22.0. The molecule has 10 nitrogen and oxygen atoms in total. The van der Waals surface area contributed by atoms with Crippen LogP contribution in [0, 0.1) is 0 Å². The molecule has 0 spiro atoms. The third-order valence-corrected chi connectivity index (χ3v) is 6.16. The van der Waals surface area contributed by atoms with Gasteiger partial charge in [0.15, 0.2) is 0 Å². The molecule has 3 amide bonds. The van der Waals surface area contributed by atoms with E-state index in [1.54, 1.807) is 6.07 Å². The molecule has 1 N–H and O–H groups in total. The van der Waals surface area contributed by atoms with Gasteiger partial charge in [0, 0.05) is 49.6 Å². The number of anilines is 1. The number of nitrogens with one attached hydrogen (secondary N) is 1. The molecular formula is C29H30N2O8. The minimum atomic E-state index is -0.754. The van der Waals surface area contributed by atoms with Gasteiger partial charge in [0.25, 0.3) is 11.8 Å². The second-order valence-electron chi connectivity index (χ2n) is 9.07. The molecular weight excluding hydrogens is 504 g/mol. The highest BCUT2D eigenvalue weighted by molar-refractivity contribution is 6.13. The Labute approximate surface area is 226 Å². The van der Waals surface area contributed by atoms with Gasteiger partial charge in [-0.15, -0.1) is 0 Å². The van der Waals surface area contributed by atoms with Crippen LogP contribution in [0.1, 0.15) is 50.2 Å². The fourth-order valence-electron chi connectivity index (χ4n) is 4.22. The van der Waals surface area contributed by atoms with E-state index in [-0.39, 0.29) is 43.0 Å². The van der Waals surface area contributed by atoms with Gasteiger partial charge in [0.1, 0.15) is 18.2 Å². The van der Waals surface area contributed by atoms with Crippen molar-refractivity contribution in [2.75, 3.05) is 25.6 Å². The van der Waals surface area contributed by atoms with E-state index in [0.717, 1.165) is 27.2 Å². The van der Waals surface area contributed by atoms with E-state index in [0.29, 0.717) is 18.5 Å². The van der Waals surface area contributed by atoms with Crippen molar-refractivity contribution in [1.82, 2.24) is 4.90 Å². The number of amides is 3. The molecule has 204 valence electrons. The number of nitrogens with zero attached hydrogens (tertiary/aromatic N) is 1. The number of rotatable bonds is 9. The van der Waals surface area contributed by atoms with Crippen molar-refractivity contribution in [1.29, 1.82) is 0 Å². The van der Waals surface area contributed by atoms with Crippen LogP contribution in [0.3, 0.4) is 0 Å². The molecule has 0 fully saturated rings. The summed E-state index contributed by atoms with van der Waals surface area (Å²) in [5.74, 6) is -1.16. The molecule has 0 bridgehead atoms. The number of hydrogen-bond acceptors (Lipinski definition) is 8. The molecule has 1 aliphatic carbocycles. The fraction of sp³-hybridized carbons (Fsp3) is 0.310. The number of hydrogen-bond donors (Lipinski definition) is 1. The summed E-state index contributed by atoms with van der Waals surface area (Å²) < 4.78 is 9.77. The van der Waals surface area contributed by atoms with Crippen LogP contribution in [0.2, 0.25) is 0 Å². The van der Waals surface area contributed by atoms with Crippen LogP contribution in [0.25, 0.3) is 11.1 Å². The van der Waals surface area contributed by atoms with E-state index in [1.165, 1.54) is 33.1 Å². The minimum Gasteiger partial charge on any atom is -0.438 e. The Morgan fingerprint density at radius 3 is 2.08 bits per heavy atom. The molecule has 2 aromatic carbocycles. The van der Waals surface area contributed by atoms with Crippen molar-refractivity contribution in [3.8, 4) is 11.1 Å². The fourth-order valence-corrected chi connectivity index (χ4v) is 4.22. The van der Waals surface area contributed by atoms with Crippen LogP contribution < -0.4 is 5.32 Å². The zero-order valence-electron chi connectivity index (χ0n) is 22.0. The monoisotopic (exact) mass is 534 g/mol. The lowest BCUT2D eigenvalue weighted by atomic mass is 9.97. The Morgan fingerprint density at radius 1 is 0.846 bits per heavy atom. The molecule has 1 unspecified atom stereocenters. The van der Waals surface area contributed by atoms with Crippen LogP contribution in [0.15, 0.2) is 54.6 Å². The third-order valence-electron chi connectivity index (χ3n) is 6.16. The first-order valence-electron chi connectivity index (χ1n) is 12.4. The third kappa shape index (κ3) is 7.70. The topological polar surface area (TPSA) is 136 Å². The predicted octanol–water partition coefficient (Wildman–Crippen LogP) is 3.78. The molecule has 0 radical (unpaired) electrons. The molecule has 2 aromatic rings. The summed E-state index contributed by atoms with van der Waals surface area (Å²) in [7, 11) is 1.26. The van der Waals surface area contributed by atoms with Gasteiger partial charge in [0.2, 0.25) is 5.91 Å². The van der Waals surface area contributed by atoms with E-state index in [2.05, 4.69) is 10.1 Å². The van der Waals surface area contributed by atoms with Crippen molar-refractivity contribution in [2.24, 2.45) is 0 Å². The smallest absolute Gasteiger partial charge is 0.438 e. The minimum absolute atomic E-state index is 0.00858. The van der Waals surface area contributed by atoms with Gasteiger partial charge in [-0.3, -0.25) is 19.3 Å². The maximum atomic E-state index is 12.4. The number of methoxy groups -OCH3 is 1. The standard InChI is InChI=1S/C23H20N2O6.C6H10O2/c1-30-23(29)31-13-19-16-5-3-2-4-15(16)17-7-6-14(12-18(17)19)24-20(26)10-11-25-21(27)8-9-22(25)28;1-5(7)3-4-6(2)8/h2-9,12,19H,10-11,13H2,1H3,(H,24,26);3-4H2,1-2H3. The predicted molar refractivity (Wildman–Crippen MR) is 142 cm³/mol. The first-order valence-corrected chi connectivity index (χ1v) is 12.4. The Bertz CT molecular complexity index is 1300. The average molecular weight is 535 g/mol. The summed E-state index contributed by atoms with van der Waals surface area (Å²) >= 11 is 0. The number of benzene rings is 2. The SMILES string of the molecule is CC(=O)CCC(C)=O.COC(=O)OCC1c2ccccc2-c2ccc(NC(=O)CCN3C(=O)C=CC3=O)cc21. The highest BCUT2D eigenvalue weighted by Gasteiger charge is 2.30. The molecule has 39 heavy (non-hydrogen) atoms. The number of ether oxygens (including phenoxy) is 2. The van der Waals surface area contributed by atoms with Gasteiger partial charge < -0.3 is 24.4 Å². The lowest BCUT2D eigenvalue weighted by Crippen LogP contribution is -2.33. The van der Waals surface area contributed by atoms with E-state index in [4.69, 9.17) is 4.74 Å². The van der Waals surface area contributed by atoms with Gasteiger partial charge in [-0.2, -0.15) is 0 Å². The van der Waals surface area contributed by atoms with E-state index < -0.39 is 18.0 Å². The zero-order chi connectivity index (χ0) is 28.5. The number of imide groups is 1. The van der Waals surface area contributed by atoms with Crippen molar-refractivity contribution in [3.05, 3.63) is 65.7 Å². The average Bonchev–Trinajstić information content (AvgIpc) is 3.40. The Morgan fingerprint density at radius 2 is 1.46 bits per heavy atom. The number of ketones is 2. The summed E-state index contributed by atoms with van der Waals surface area (Å²) in [5.41, 5.74) is 4.59. The first-order chi connectivity index (χ1) is 18.6. The lowest BCUT2D eigenvalue weighted by Gasteiger charge is -2.15. The van der Waals surface area contributed by atoms with Gasteiger partial charge in [0.05, 0.1) is 7.11 Å². The summed E-state index contributed by atoms with van der Waals surface area (Å²) in [6, 6.07) is 13.4. The van der Waals surface area contributed by atoms with Crippen molar-refractivity contribution in [2.45, 2.75) is 39.0 Å². The molecule has 10 heteroatoms. The van der Waals surface area contributed by atoms with Gasteiger partial charge in [-0.05, 0) is 48.2 Å². The summed E-state index contributed by atoms with van der Waals surface area (Å²) in [6.07, 6.45) is 2.41. The number of carbonyl (C=O) groups excluding carboxylic acids is 6. The van der Waals surface area contributed by atoms with Crippen LogP contribution in [0.5, 0.6) is 0 Å². The largest absolute Gasteiger partial charge is 0.508 e. The maximum Gasteiger partial charge on any atom is 0.508 e. The van der Waals surface area contributed by atoms with Gasteiger partial charge in [-0.1, -0.05) is 30.3 Å². The van der Waals surface area contributed by atoms with Crippen molar-refractivity contribution < 1.29 is 38.2 Å². The Kier molecular flexibility index (Phi) is 9.86. The van der Waals surface area contributed by atoms with E-state index in [9.17, 15) is 28.8 Å². The summed E-state index contributed by atoms with van der Waals surface area (Å²) in [4.78, 5) is 68.5. The van der Waals surface area contributed by atoms with Crippen LogP contribution in [0.4, 0.5) is 10.5 Å². The van der Waals surface area contributed by atoms with E-state index >= 15 is 0 Å². The molecule has 1 heterocycles. The molecule has 1 aliphatic heterocycles. The van der Waals surface area contributed by atoms with Crippen molar-refractivity contribution in [3.63, 3.8) is 0 Å². The Balaban J connectivity index is 0.000000459. The number of carbonyl (C=O) groups is 6. The molecule has 1 atom stereocenters. The lowest BCUT2D eigenvalue weighted by molar-refractivity contribution is -0.137. The molecule has 0 aromatic heterocycles. The molecule has 0 saturated carbocycles. The highest BCUT2D eigenvalue weighted by atomic mass is 16.7.